The maximum atomic E-state index is 13.7. The SMILES string of the molecule is CCC(Oc1ccccc1F)C(=O)NCC1(COC)CCNCC1. The Bertz CT molecular complexity index is 527. The topological polar surface area (TPSA) is 59.6 Å². The number of rotatable bonds is 8. The van der Waals surface area contributed by atoms with Gasteiger partial charge in [0.2, 0.25) is 0 Å². The monoisotopic (exact) mass is 338 g/mol. The van der Waals surface area contributed by atoms with Gasteiger partial charge in [-0.15, -0.1) is 0 Å². The fourth-order valence-corrected chi connectivity index (χ4v) is 3.04. The fraction of sp³-hybridized carbons (Fsp3) is 0.611. The van der Waals surface area contributed by atoms with Gasteiger partial charge in [0.1, 0.15) is 0 Å². The number of para-hydroxylation sites is 1. The van der Waals surface area contributed by atoms with Gasteiger partial charge in [-0.05, 0) is 44.5 Å². The van der Waals surface area contributed by atoms with Gasteiger partial charge in [-0.3, -0.25) is 4.79 Å². The van der Waals surface area contributed by atoms with Crippen LogP contribution in [0.3, 0.4) is 0 Å². The molecule has 0 radical (unpaired) electrons. The molecule has 1 aliphatic heterocycles. The summed E-state index contributed by atoms with van der Waals surface area (Å²) in [6.07, 6.45) is 1.67. The van der Waals surface area contributed by atoms with Gasteiger partial charge < -0.3 is 20.1 Å². The molecule has 0 aromatic heterocycles. The van der Waals surface area contributed by atoms with Crippen molar-refractivity contribution in [1.29, 1.82) is 0 Å². The van der Waals surface area contributed by atoms with Crippen LogP contribution in [-0.2, 0) is 9.53 Å². The predicted molar refractivity (Wildman–Crippen MR) is 90.5 cm³/mol. The minimum atomic E-state index is -0.705. The smallest absolute Gasteiger partial charge is 0.261 e. The maximum absolute atomic E-state index is 13.7. The Balaban J connectivity index is 1.94. The number of ether oxygens (including phenoxy) is 2. The van der Waals surface area contributed by atoms with Gasteiger partial charge in [-0.2, -0.15) is 0 Å². The van der Waals surface area contributed by atoms with Crippen LogP contribution in [0, 0.1) is 11.2 Å². The number of methoxy groups -OCH3 is 1. The zero-order valence-electron chi connectivity index (χ0n) is 14.4. The summed E-state index contributed by atoms with van der Waals surface area (Å²) in [6, 6.07) is 6.13. The summed E-state index contributed by atoms with van der Waals surface area (Å²) in [7, 11) is 1.68. The van der Waals surface area contributed by atoms with Crippen molar-refractivity contribution >= 4 is 5.91 Å². The van der Waals surface area contributed by atoms with Crippen molar-refractivity contribution in [3.63, 3.8) is 0 Å². The summed E-state index contributed by atoms with van der Waals surface area (Å²) in [5.74, 6) is -0.569. The van der Waals surface area contributed by atoms with Gasteiger partial charge >= 0.3 is 0 Å². The van der Waals surface area contributed by atoms with Crippen LogP contribution in [0.25, 0.3) is 0 Å². The Morgan fingerprint density at radius 2 is 2.08 bits per heavy atom. The van der Waals surface area contributed by atoms with E-state index in [4.69, 9.17) is 9.47 Å². The summed E-state index contributed by atoms with van der Waals surface area (Å²) in [6.45, 7) is 4.84. The lowest BCUT2D eigenvalue weighted by Crippen LogP contribution is -2.49. The molecule has 1 aromatic carbocycles. The Morgan fingerprint density at radius 1 is 1.38 bits per heavy atom. The first-order valence-electron chi connectivity index (χ1n) is 8.49. The molecule has 2 N–H and O–H groups in total. The predicted octanol–water partition coefficient (Wildman–Crippen LogP) is 2.12. The highest BCUT2D eigenvalue weighted by atomic mass is 19.1. The third kappa shape index (κ3) is 4.92. The van der Waals surface area contributed by atoms with Gasteiger partial charge in [0.15, 0.2) is 17.7 Å². The average molecular weight is 338 g/mol. The molecule has 1 aliphatic rings. The number of hydrogen-bond donors (Lipinski definition) is 2. The number of halogens is 1. The van der Waals surface area contributed by atoms with Crippen molar-refractivity contribution in [3.8, 4) is 5.75 Å². The maximum Gasteiger partial charge on any atom is 0.261 e. The van der Waals surface area contributed by atoms with Crippen LogP contribution in [0.1, 0.15) is 26.2 Å². The first kappa shape index (κ1) is 18.7. The number of benzene rings is 1. The minimum Gasteiger partial charge on any atom is -0.478 e. The minimum absolute atomic E-state index is 0.0497. The molecule has 1 aromatic rings. The lowest BCUT2D eigenvalue weighted by Gasteiger charge is -2.37. The molecule has 0 spiro atoms. The molecule has 0 bridgehead atoms. The molecule has 6 heteroatoms. The zero-order chi connectivity index (χ0) is 17.4. The number of nitrogens with one attached hydrogen (secondary N) is 2. The van der Waals surface area contributed by atoms with E-state index in [-0.39, 0.29) is 17.1 Å². The van der Waals surface area contributed by atoms with Crippen LogP contribution in [0.4, 0.5) is 4.39 Å². The van der Waals surface area contributed by atoms with E-state index >= 15 is 0 Å². The van der Waals surface area contributed by atoms with E-state index in [9.17, 15) is 9.18 Å². The third-order valence-electron chi connectivity index (χ3n) is 4.52. The quantitative estimate of drug-likeness (QED) is 0.762. The summed E-state index contributed by atoms with van der Waals surface area (Å²) in [5, 5.41) is 6.30. The van der Waals surface area contributed by atoms with Crippen LogP contribution in [0.2, 0.25) is 0 Å². The van der Waals surface area contributed by atoms with E-state index in [0.29, 0.717) is 19.6 Å². The first-order valence-corrected chi connectivity index (χ1v) is 8.49. The number of piperidine rings is 1. The summed E-state index contributed by atoms with van der Waals surface area (Å²) >= 11 is 0. The average Bonchev–Trinajstić information content (AvgIpc) is 2.60. The normalized spacial score (nSPS) is 18.0. The van der Waals surface area contributed by atoms with Gasteiger partial charge in [-0.25, -0.2) is 4.39 Å². The summed E-state index contributed by atoms with van der Waals surface area (Å²) in [5.41, 5.74) is -0.0497. The highest BCUT2D eigenvalue weighted by Gasteiger charge is 2.33. The lowest BCUT2D eigenvalue weighted by atomic mass is 9.79. The molecule has 1 amide bonds. The van der Waals surface area contributed by atoms with Gasteiger partial charge in [0.25, 0.3) is 5.91 Å². The molecule has 0 aliphatic carbocycles. The number of amides is 1. The summed E-state index contributed by atoms with van der Waals surface area (Å²) < 4.78 is 24.6. The van der Waals surface area contributed by atoms with Crippen molar-refractivity contribution in [2.75, 3.05) is 33.4 Å². The van der Waals surface area contributed by atoms with Crippen molar-refractivity contribution in [3.05, 3.63) is 30.1 Å². The van der Waals surface area contributed by atoms with Crippen LogP contribution >= 0.6 is 0 Å². The third-order valence-corrected chi connectivity index (χ3v) is 4.52. The molecule has 134 valence electrons. The second-order valence-electron chi connectivity index (χ2n) is 6.35. The van der Waals surface area contributed by atoms with E-state index in [1.54, 1.807) is 19.2 Å². The van der Waals surface area contributed by atoms with Crippen molar-refractivity contribution in [2.24, 2.45) is 5.41 Å². The van der Waals surface area contributed by atoms with E-state index < -0.39 is 11.9 Å². The van der Waals surface area contributed by atoms with Crippen molar-refractivity contribution in [2.45, 2.75) is 32.3 Å². The Morgan fingerprint density at radius 3 is 2.71 bits per heavy atom. The largest absolute Gasteiger partial charge is 0.478 e. The molecule has 1 fully saturated rings. The van der Waals surface area contributed by atoms with Crippen molar-refractivity contribution in [1.82, 2.24) is 10.6 Å². The number of carbonyl (C=O) groups is 1. The van der Waals surface area contributed by atoms with Gasteiger partial charge in [0, 0.05) is 19.1 Å². The van der Waals surface area contributed by atoms with Gasteiger partial charge in [-0.1, -0.05) is 19.1 Å². The highest BCUT2D eigenvalue weighted by molar-refractivity contribution is 5.81. The fourth-order valence-electron chi connectivity index (χ4n) is 3.04. The Kier molecular flexibility index (Phi) is 6.99. The lowest BCUT2D eigenvalue weighted by molar-refractivity contribution is -0.129. The molecule has 1 heterocycles. The first-order chi connectivity index (χ1) is 11.6. The van der Waals surface area contributed by atoms with E-state index in [1.807, 2.05) is 6.92 Å². The number of hydrogen-bond acceptors (Lipinski definition) is 4. The molecule has 1 saturated heterocycles. The summed E-state index contributed by atoms with van der Waals surface area (Å²) in [4.78, 5) is 12.5. The van der Waals surface area contributed by atoms with Crippen LogP contribution in [-0.4, -0.2) is 45.4 Å². The molecule has 0 saturated carbocycles. The molecule has 24 heavy (non-hydrogen) atoms. The Labute approximate surface area is 142 Å². The molecule has 1 unspecified atom stereocenters. The molecule has 5 nitrogen and oxygen atoms in total. The van der Waals surface area contributed by atoms with Crippen LogP contribution < -0.4 is 15.4 Å². The highest BCUT2D eigenvalue weighted by Crippen LogP contribution is 2.28. The second-order valence-corrected chi connectivity index (χ2v) is 6.35. The molecular formula is C18H27FN2O3. The Hall–Kier alpha value is -1.66. The van der Waals surface area contributed by atoms with E-state index in [0.717, 1.165) is 25.9 Å². The zero-order valence-corrected chi connectivity index (χ0v) is 14.4. The van der Waals surface area contributed by atoms with Crippen LogP contribution in [0.15, 0.2) is 24.3 Å². The van der Waals surface area contributed by atoms with Crippen molar-refractivity contribution < 1.29 is 18.7 Å². The van der Waals surface area contributed by atoms with Crippen LogP contribution in [0.5, 0.6) is 5.75 Å². The standard InChI is InChI=1S/C18H27FN2O3/c1-3-15(24-16-7-5-4-6-14(16)19)17(22)21-12-18(13-23-2)8-10-20-11-9-18/h4-7,15,20H,3,8-13H2,1-2H3,(H,21,22). The van der Waals surface area contributed by atoms with Gasteiger partial charge in [0.05, 0.1) is 6.61 Å². The second kappa shape index (κ2) is 8.99. The molecule has 2 rings (SSSR count). The molecule has 1 atom stereocenters. The van der Waals surface area contributed by atoms with E-state index in [2.05, 4.69) is 10.6 Å². The molecular weight excluding hydrogens is 311 g/mol. The van der Waals surface area contributed by atoms with E-state index in [1.165, 1.54) is 12.1 Å². The number of carbonyl (C=O) groups excluding carboxylic acids is 1.